The number of imidazole rings is 1. The van der Waals surface area contributed by atoms with Gasteiger partial charge >= 0.3 is 0 Å². The maximum atomic E-state index is 4.81. The summed E-state index contributed by atoms with van der Waals surface area (Å²) in [6.07, 6.45) is 3.93. The van der Waals surface area contributed by atoms with Gasteiger partial charge in [0.15, 0.2) is 0 Å². The van der Waals surface area contributed by atoms with Crippen LogP contribution in [0.3, 0.4) is 0 Å². The van der Waals surface area contributed by atoms with E-state index in [0.717, 1.165) is 61.7 Å². The minimum Gasteiger partial charge on any atom is -0.342 e. The fourth-order valence-corrected chi connectivity index (χ4v) is 3.58. The predicted octanol–water partition coefficient (Wildman–Crippen LogP) is 2.86. The van der Waals surface area contributed by atoms with Gasteiger partial charge in [0.05, 0.1) is 17.6 Å². The van der Waals surface area contributed by atoms with E-state index in [4.69, 9.17) is 4.98 Å². The summed E-state index contributed by atoms with van der Waals surface area (Å²) in [6.45, 7) is 8.15. The lowest BCUT2D eigenvalue weighted by molar-refractivity contribution is 0.195. The summed E-state index contributed by atoms with van der Waals surface area (Å²) in [7, 11) is 0. The molecule has 1 aliphatic rings. The highest BCUT2D eigenvalue weighted by Gasteiger charge is 2.24. The zero-order valence-corrected chi connectivity index (χ0v) is 14.4. The number of hydrogen-bond acceptors (Lipinski definition) is 4. The van der Waals surface area contributed by atoms with Crippen LogP contribution in [0.2, 0.25) is 0 Å². The summed E-state index contributed by atoms with van der Waals surface area (Å²) in [5.74, 6) is 2.74. The second kappa shape index (κ2) is 6.36. The van der Waals surface area contributed by atoms with Gasteiger partial charge in [-0.1, -0.05) is 6.07 Å². The van der Waals surface area contributed by atoms with Crippen LogP contribution < -0.4 is 0 Å². The van der Waals surface area contributed by atoms with Crippen LogP contribution in [0.4, 0.5) is 0 Å². The third-order valence-electron chi connectivity index (χ3n) is 4.99. The van der Waals surface area contributed by atoms with Gasteiger partial charge in [-0.15, -0.1) is 0 Å². The number of H-pyrrole nitrogens is 1. The van der Waals surface area contributed by atoms with Crippen LogP contribution in [-0.2, 0) is 13.1 Å². The van der Waals surface area contributed by atoms with Gasteiger partial charge in [0.2, 0.25) is 0 Å². The highest BCUT2D eigenvalue weighted by Crippen LogP contribution is 2.28. The van der Waals surface area contributed by atoms with Crippen LogP contribution in [0, 0.1) is 6.92 Å². The van der Waals surface area contributed by atoms with Crippen LogP contribution in [0.25, 0.3) is 11.0 Å². The molecule has 1 aromatic carbocycles. The first kappa shape index (κ1) is 15.3. The number of piperidine rings is 1. The molecule has 1 aliphatic heterocycles. The Balaban J connectivity index is 1.41. The van der Waals surface area contributed by atoms with Crippen molar-refractivity contribution in [1.82, 2.24) is 29.6 Å². The van der Waals surface area contributed by atoms with Crippen LogP contribution in [0.15, 0.2) is 24.5 Å². The second-order valence-electron chi connectivity index (χ2n) is 6.69. The first-order chi connectivity index (χ1) is 11.7. The third kappa shape index (κ3) is 2.94. The van der Waals surface area contributed by atoms with Gasteiger partial charge in [0.25, 0.3) is 0 Å². The monoisotopic (exact) mass is 324 g/mol. The minimum absolute atomic E-state index is 0.526. The number of likely N-dealkylation sites (tertiary alicyclic amines) is 1. The van der Waals surface area contributed by atoms with Gasteiger partial charge in [-0.05, 0) is 57.5 Å². The van der Waals surface area contributed by atoms with Crippen molar-refractivity contribution in [2.75, 3.05) is 13.1 Å². The van der Waals surface area contributed by atoms with E-state index in [-0.39, 0.29) is 0 Å². The van der Waals surface area contributed by atoms with Crippen LogP contribution in [-0.4, -0.2) is 42.7 Å². The summed E-state index contributed by atoms with van der Waals surface area (Å²) in [5, 5.41) is 4.26. The van der Waals surface area contributed by atoms with Gasteiger partial charge < -0.3 is 4.98 Å². The van der Waals surface area contributed by atoms with Crippen molar-refractivity contribution in [3.8, 4) is 0 Å². The second-order valence-corrected chi connectivity index (χ2v) is 6.69. The number of aromatic nitrogens is 5. The summed E-state index contributed by atoms with van der Waals surface area (Å²) < 4.78 is 1.98. The first-order valence-corrected chi connectivity index (χ1v) is 8.78. The lowest BCUT2D eigenvalue weighted by atomic mass is 9.96. The van der Waals surface area contributed by atoms with E-state index >= 15 is 0 Å². The third-order valence-corrected chi connectivity index (χ3v) is 4.99. The molecule has 126 valence electrons. The number of hydrogen-bond donors (Lipinski definition) is 1. The molecule has 24 heavy (non-hydrogen) atoms. The van der Waals surface area contributed by atoms with E-state index in [1.807, 2.05) is 4.68 Å². The lowest BCUT2D eigenvalue weighted by Crippen LogP contribution is -2.33. The molecular formula is C18H24N6. The number of aryl methyl sites for hydroxylation is 2. The van der Waals surface area contributed by atoms with Gasteiger partial charge in [-0.3, -0.25) is 4.90 Å². The Hall–Kier alpha value is -2.21. The fourth-order valence-electron chi connectivity index (χ4n) is 3.58. The van der Waals surface area contributed by atoms with Crippen molar-refractivity contribution < 1.29 is 0 Å². The molecule has 0 saturated carbocycles. The molecule has 1 fully saturated rings. The minimum atomic E-state index is 0.526. The topological polar surface area (TPSA) is 62.6 Å². The van der Waals surface area contributed by atoms with Gasteiger partial charge in [0, 0.05) is 12.5 Å². The zero-order chi connectivity index (χ0) is 16.5. The molecule has 0 aliphatic carbocycles. The molecule has 1 N–H and O–H groups in total. The normalized spacial score (nSPS) is 16.9. The molecule has 6 nitrogen and oxygen atoms in total. The molecule has 4 rings (SSSR count). The van der Waals surface area contributed by atoms with E-state index in [9.17, 15) is 0 Å². The summed E-state index contributed by atoms with van der Waals surface area (Å²) in [6, 6.07) is 6.41. The van der Waals surface area contributed by atoms with Gasteiger partial charge in [-0.2, -0.15) is 5.10 Å². The summed E-state index contributed by atoms with van der Waals surface area (Å²) in [5.41, 5.74) is 3.50. The number of benzene rings is 1. The van der Waals surface area contributed by atoms with E-state index in [2.05, 4.69) is 52.0 Å². The number of fused-ring (bicyclic) bond motifs is 1. The molecule has 0 bridgehead atoms. The molecule has 0 spiro atoms. The van der Waals surface area contributed by atoms with E-state index in [1.54, 1.807) is 6.33 Å². The highest BCUT2D eigenvalue weighted by atomic mass is 15.3. The van der Waals surface area contributed by atoms with Crippen LogP contribution >= 0.6 is 0 Å². The Morgan fingerprint density at radius 2 is 2.08 bits per heavy atom. The molecule has 2 aromatic heterocycles. The molecule has 0 atom stereocenters. The van der Waals surface area contributed by atoms with Crippen molar-refractivity contribution in [2.45, 2.75) is 45.7 Å². The predicted molar refractivity (Wildman–Crippen MR) is 93.8 cm³/mol. The van der Waals surface area contributed by atoms with Crippen LogP contribution in [0.1, 0.15) is 42.9 Å². The standard InChI is InChI=1S/C18H24N6/c1-3-24-17(19-12-20-24)11-23-8-6-14(7-9-23)18-21-15-5-4-13(2)10-16(15)22-18/h4-5,10,12,14H,3,6-9,11H2,1-2H3,(H,21,22). The maximum absolute atomic E-state index is 4.81. The highest BCUT2D eigenvalue weighted by molar-refractivity contribution is 5.75. The number of nitrogens with zero attached hydrogens (tertiary/aromatic N) is 5. The van der Waals surface area contributed by atoms with E-state index in [1.165, 1.54) is 5.56 Å². The zero-order valence-electron chi connectivity index (χ0n) is 14.4. The molecule has 0 amide bonds. The lowest BCUT2D eigenvalue weighted by Gasteiger charge is -2.30. The number of aromatic amines is 1. The molecule has 0 unspecified atom stereocenters. The molecular weight excluding hydrogens is 300 g/mol. The molecule has 6 heteroatoms. The van der Waals surface area contributed by atoms with Gasteiger partial charge in [-0.25, -0.2) is 14.6 Å². The Morgan fingerprint density at radius 1 is 1.25 bits per heavy atom. The average Bonchev–Trinajstić information content (AvgIpc) is 3.21. The van der Waals surface area contributed by atoms with Crippen molar-refractivity contribution in [3.05, 3.63) is 41.7 Å². The molecule has 0 radical (unpaired) electrons. The Bertz CT molecular complexity index is 825. The number of rotatable bonds is 4. The Kier molecular flexibility index (Phi) is 4.06. The fraction of sp³-hybridized carbons (Fsp3) is 0.500. The molecule has 3 heterocycles. The smallest absolute Gasteiger partial charge is 0.140 e. The SMILES string of the molecule is CCn1ncnc1CN1CCC(c2nc3ccc(C)cc3[nH]2)CC1. The van der Waals surface area contributed by atoms with Crippen molar-refractivity contribution in [1.29, 1.82) is 0 Å². The van der Waals surface area contributed by atoms with Crippen molar-refractivity contribution in [2.24, 2.45) is 0 Å². The van der Waals surface area contributed by atoms with Gasteiger partial charge in [0.1, 0.15) is 18.0 Å². The Labute approximate surface area is 141 Å². The van der Waals surface area contributed by atoms with Crippen molar-refractivity contribution >= 4 is 11.0 Å². The van der Waals surface area contributed by atoms with E-state index < -0.39 is 0 Å². The first-order valence-electron chi connectivity index (χ1n) is 8.78. The van der Waals surface area contributed by atoms with Crippen LogP contribution in [0.5, 0.6) is 0 Å². The maximum Gasteiger partial charge on any atom is 0.140 e. The summed E-state index contributed by atoms with van der Waals surface area (Å²) >= 11 is 0. The quantitative estimate of drug-likeness (QED) is 0.801. The largest absolute Gasteiger partial charge is 0.342 e. The number of nitrogens with one attached hydrogen (secondary N) is 1. The molecule has 1 saturated heterocycles. The Morgan fingerprint density at radius 3 is 2.88 bits per heavy atom. The van der Waals surface area contributed by atoms with E-state index in [0.29, 0.717) is 5.92 Å². The van der Waals surface area contributed by atoms with Crippen molar-refractivity contribution in [3.63, 3.8) is 0 Å². The average molecular weight is 324 g/mol. The summed E-state index contributed by atoms with van der Waals surface area (Å²) in [4.78, 5) is 15.2. The molecule has 3 aromatic rings.